The first-order chi connectivity index (χ1) is 11.1. The fourth-order valence-corrected chi connectivity index (χ4v) is 5.16. The van der Waals surface area contributed by atoms with E-state index >= 15 is 0 Å². The lowest BCUT2D eigenvalue weighted by molar-refractivity contribution is 0.454. The van der Waals surface area contributed by atoms with Gasteiger partial charge in [-0.15, -0.1) is 10.8 Å². The monoisotopic (exact) mass is 333 g/mol. The molecular weight excluding hydrogens is 310 g/mol. The highest BCUT2D eigenvalue weighted by Crippen LogP contribution is 2.60. The topological polar surface area (TPSA) is 68.6 Å². The van der Waals surface area contributed by atoms with Gasteiger partial charge in [0.15, 0.2) is 0 Å². The largest absolute Gasteiger partial charge is 0.320 e. The molecule has 0 saturated carbocycles. The molecule has 0 fully saturated rings. The third-order valence-corrected chi connectivity index (χ3v) is 6.47. The van der Waals surface area contributed by atoms with Crippen molar-refractivity contribution >= 4 is 22.2 Å². The highest BCUT2D eigenvalue weighted by atomic mass is 32.3. The Hall–Kier alpha value is -1.60. The Labute approximate surface area is 138 Å². The van der Waals surface area contributed by atoms with Gasteiger partial charge in [-0.25, -0.2) is 4.31 Å². The zero-order chi connectivity index (χ0) is 16.3. The third kappa shape index (κ3) is 3.21. The summed E-state index contributed by atoms with van der Waals surface area (Å²) in [6, 6.07) is 11.6. The number of nitrogens with one attached hydrogen (secondary N) is 1. The molecule has 0 spiro atoms. The molecule has 1 atom stereocenters. The van der Waals surface area contributed by atoms with Crippen LogP contribution in [0.15, 0.2) is 48.8 Å². The van der Waals surface area contributed by atoms with Gasteiger partial charge in [0.2, 0.25) is 0 Å². The van der Waals surface area contributed by atoms with Gasteiger partial charge < -0.3 is 5.32 Å². The number of hydrogen-bond acceptors (Lipinski definition) is 5. The second-order valence-electron chi connectivity index (χ2n) is 5.76. The first-order valence-corrected chi connectivity index (χ1v) is 9.41. The van der Waals surface area contributed by atoms with E-state index in [1.165, 1.54) is 0 Å². The summed E-state index contributed by atoms with van der Waals surface area (Å²) in [6.07, 6.45) is 5.75. The number of nitrogens with zero attached hydrogens (tertiary/aromatic N) is 2. The van der Waals surface area contributed by atoms with E-state index in [9.17, 15) is 9.11 Å². The van der Waals surface area contributed by atoms with E-state index in [0.29, 0.717) is 6.42 Å². The molecule has 1 aromatic heterocycles. The summed E-state index contributed by atoms with van der Waals surface area (Å²) in [6.45, 7) is 0.878. The van der Waals surface area contributed by atoms with Crippen LogP contribution in [0.4, 0.5) is 11.4 Å². The number of aromatic nitrogens is 1. The molecule has 23 heavy (non-hydrogen) atoms. The van der Waals surface area contributed by atoms with Gasteiger partial charge in [0.05, 0.1) is 16.6 Å². The summed E-state index contributed by atoms with van der Waals surface area (Å²) in [5.74, 6) is 0. The molecule has 2 heterocycles. The molecule has 124 valence electrons. The summed E-state index contributed by atoms with van der Waals surface area (Å²) >= 11 is 0. The van der Waals surface area contributed by atoms with Crippen molar-refractivity contribution in [2.24, 2.45) is 0 Å². The Morgan fingerprint density at radius 1 is 1.22 bits per heavy atom. The predicted octanol–water partition coefficient (Wildman–Crippen LogP) is 3.81. The molecule has 1 aliphatic heterocycles. The average molecular weight is 333 g/mol. The summed E-state index contributed by atoms with van der Waals surface area (Å²) < 4.78 is 23.7. The zero-order valence-electron chi connectivity index (χ0n) is 13.2. The Morgan fingerprint density at radius 3 is 2.70 bits per heavy atom. The molecule has 0 amide bonds. The van der Waals surface area contributed by atoms with E-state index in [2.05, 4.69) is 16.4 Å². The number of para-hydroxylation sites is 1. The molecule has 5 nitrogen and oxygen atoms in total. The van der Waals surface area contributed by atoms with Gasteiger partial charge in [0.1, 0.15) is 0 Å². The molecule has 0 bridgehead atoms. The maximum absolute atomic E-state index is 11.0. The highest BCUT2D eigenvalue weighted by Gasteiger charge is 2.39. The van der Waals surface area contributed by atoms with Crippen LogP contribution in [0.25, 0.3) is 0 Å². The maximum atomic E-state index is 11.0. The van der Waals surface area contributed by atoms with Gasteiger partial charge in [0.25, 0.3) is 0 Å². The van der Waals surface area contributed by atoms with Crippen LogP contribution in [-0.4, -0.2) is 32.9 Å². The fraction of sp³-hybridized carbons (Fsp3) is 0.353. The van der Waals surface area contributed by atoms with E-state index in [1.54, 1.807) is 16.7 Å². The lowest BCUT2D eigenvalue weighted by Gasteiger charge is -2.52. The number of rotatable bonds is 5. The SMILES string of the molecule is CNCCCC1Cc2ccccc2N(c2ccncc2)S1(O)O. The lowest BCUT2D eigenvalue weighted by Crippen LogP contribution is -2.37. The van der Waals surface area contributed by atoms with E-state index in [0.717, 1.165) is 36.3 Å². The van der Waals surface area contributed by atoms with Crippen molar-refractivity contribution in [1.29, 1.82) is 0 Å². The minimum absolute atomic E-state index is 0.168. The molecule has 1 aliphatic rings. The Balaban J connectivity index is 2.00. The van der Waals surface area contributed by atoms with Crippen LogP contribution < -0.4 is 9.62 Å². The molecule has 3 rings (SSSR count). The average Bonchev–Trinajstić information content (AvgIpc) is 2.56. The number of pyridine rings is 1. The second kappa shape index (κ2) is 6.88. The molecule has 2 aromatic rings. The smallest absolute Gasteiger partial charge is 0.0733 e. The Kier molecular flexibility index (Phi) is 4.87. The quantitative estimate of drug-likeness (QED) is 0.726. The van der Waals surface area contributed by atoms with Gasteiger partial charge >= 0.3 is 0 Å². The van der Waals surface area contributed by atoms with Crippen LogP contribution in [-0.2, 0) is 6.42 Å². The molecule has 1 unspecified atom stereocenters. The first kappa shape index (κ1) is 16.3. The van der Waals surface area contributed by atoms with Gasteiger partial charge in [0, 0.05) is 12.4 Å². The molecule has 0 saturated heterocycles. The van der Waals surface area contributed by atoms with Gasteiger partial charge in [-0.05, 0) is 56.6 Å². The standard InChI is InChI=1S/C17H23N3O2S/c1-18-10-4-6-16-13-14-5-2-3-7-17(14)20(23(16,21)22)15-8-11-19-12-9-15/h2-3,5,7-9,11-12,16,18,21-22H,4,6,10,13H2,1H3. The number of fused-ring (bicyclic) bond motifs is 1. The van der Waals surface area contributed by atoms with Crippen LogP contribution in [0.2, 0.25) is 0 Å². The van der Waals surface area contributed by atoms with Crippen LogP contribution in [0.3, 0.4) is 0 Å². The van der Waals surface area contributed by atoms with Gasteiger partial charge in [-0.1, -0.05) is 18.2 Å². The first-order valence-electron chi connectivity index (χ1n) is 7.84. The minimum atomic E-state index is -2.93. The van der Waals surface area contributed by atoms with Gasteiger partial charge in [-0.3, -0.25) is 14.1 Å². The van der Waals surface area contributed by atoms with E-state index in [1.807, 2.05) is 37.4 Å². The normalized spacial score (nSPS) is 20.8. The Morgan fingerprint density at radius 2 is 1.96 bits per heavy atom. The summed E-state index contributed by atoms with van der Waals surface area (Å²) in [5, 5.41) is 2.95. The van der Waals surface area contributed by atoms with Crippen LogP contribution in [0.1, 0.15) is 18.4 Å². The van der Waals surface area contributed by atoms with Crippen molar-refractivity contribution in [1.82, 2.24) is 10.3 Å². The zero-order valence-corrected chi connectivity index (χ0v) is 14.0. The molecule has 6 heteroatoms. The summed E-state index contributed by atoms with van der Waals surface area (Å²) in [7, 11) is -1.02. The molecule has 0 radical (unpaired) electrons. The highest BCUT2D eigenvalue weighted by molar-refractivity contribution is 8.26. The van der Waals surface area contributed by atoms with Gasteiger partial charge in [-0.2, -0.15) is 0 Å². The molecule has 3 N–H and O–H groups in total. The molecular formula is C17H23N3O2S. The lowest BCUT2D eigenvalue weighted by atomic mass is 10.0. The van der Waals surface area contributed by atoms with Crippen LogP contribution in [0, 0.1) is 0 Å². The molecule has 0 aliphatic carbocycles. The minimum Gasteiger partial charge on any atom is -0.320 e. The maximum Gasteiger partial charge on any atom is 0.0733 e. The summed E-state index contributed by atoms with van der Waals surface area (Å²) in [5.41, 5.74) is 2.80. The van der Waals surface area contributed by atoms with Crippen molar-refractivity contribution in [3.8, 4) is 0 Å². The number of anilines is 2. The van der Waals surface area contributed by atoms with Crippen LogP contribution in [0.5, 0.6) is 0 Å². The van der Waals surface area contributed by atoms with Crippen LogP contribution >= 0.6 is 10.8 Å². The van der Waals surface area contributed by atoms with E-state index in [4.69, 9.17) is 0 Å². The van der Waals surface area contributed by atoms with Crippen molar-refractivity contribution in [3.05, 3.63) is 54.4 Å². The van der Waals surface area contributed by atoms with Crippen molar-refractivity contribution < 1.29 is 9.11 Å². The summed E-state index contributed by atoms with van der Waals surface area (Å²) in [4.78, 5) is 4.03. The van der Waals surface area contributed by atoms with E-state index < -0.39 is 10.8 Å². The van der Waals surface area contributed by atoms with Crippen molar-refractivity contribution in [2.75, 3.05) is 17.9 Å². The molecule has 1 aromatic carbocycles. The number of benzene rings is 1. The van der Waals surface area contributed by atoms with E-state index in [-0.39, 0.29) is 5.25 Å². The number of hydrogen-bond donors (Lipinski definition) is 3. The van der Waals surface area contributed by atoms with Crippen molar-refractivity contribution in [3.63, 3.8) is 0 Å². The van der Waals surface area contributed by atoms with Crippen molar-refractivity contribution in [2.45, 2.75) is 24.5 Å². The second-order valence-corrected chi connectivity index (χ2v) is 7.92. The fourth-order valence-electron chi connectivity index (χ4n) is 3.07. The predicted molar refractivity (Wildman–Crippen MR) is 96.3 cm³/mol. The third-order valence-electron chi connectivity index (χ3n) is 4.22. The Bertz CT molecular complexity index is 651.